The molecule has 1 aromatic carbocycles. The highest BCUT2D eigenvalue weighted by atomic mass is 16.7. The maximum Gasteiger partial charge on any atom is 0.231 e. The average Bonchev–Trinajstić information content (AvgIpc) is 3.11. The standard InChI is InChI=1S/C21H21NO4/c1-22-13-4-2-6-15(23)20(13)19(21-14(22)5-3-7-16(21)24)12-8-9-17-18(10-12)26-11-25-17/h8-10,19H,2-7,11H2,1H3. The summed E-state index contributed by atoms with van der Waals surface area (Å²) in [6.07, 6.45) is 4.67. The molecule has 0 spiro atoms. The van der Waals surface area contributed by atoms with Crippen molar-refractivity contribution in [3.8, 4) is 11.5 Å². The minimum Gasteiger partial charge on any atom is -0.454 e. The Morgan fingerprint density at radius 1 is 0.885 bits per heavy atom. The molecule has 0 saturated heterocycles. The second kappa shape index (κ2) is 5.73. The number of hydrogen-bond donors (Lipinski definition) is 0. The molecule has 0 saturated carbocycles. The Morgan fingerprint density at radius 2 is 1.50 bits per heavy atom. The summed E-state index contributed by atoms with van der Waals surface area (Å²) in [4.78, 5) is 27.9. The van der Waals surface area contributed by atoms with E-state index in [1.165, 1.54) is 0 Å². The van der Waals surface area contributed by atoms with Gasteiger partial charge in [-0.15, -0.1) is 0 Å². The fraction of sp³-hybridized carbons (Fsp3) is 0.429. The first-order valence-corrected chi connectivity index (χ1v) is 9.31. The third-order valence-electron chi connectivity index (χ3n) is 5.97. The molecule has 2 aliphatic heterocycles. The van der Waals surface area contributed by atoms with Crippen molar-refractivity contribution in [1.29, 1.82) is 0 Å². The molecule has 0 amide bonds. The van der Waals surface area contributed by atoms with E-state index >= 15 is 0 Å². The van der Waals surface area contributed by atoms with Gasteiger partial charge in [0.2, 0.25) is 6.79 Å². The zero-order valence-corrected chi connectivity index (χ0v) is 14.8. The maximum absolute atomic E-state index is 12.9. The Labute approximate surface area is 152 Å². The first-order chi connectivity index (χ1) is 12.6. The summed E-state index contributed by atoms with van der Waals surface area (Å²) in [6, 6.07) is 5.80. The molecule has 2 heterocycles. The zero-order valence-electron chi connectivity index (χ0n) is 14.8. The molecule has 134 valence electrons. The highest BCUT2D eigenvalue weighted by Gasteiger charge is 2.42. The number of fused-ring (bicyclic) bond motifs is 1. The van der Waals surface area contributed by atoms with Crippen LogP contribution in [0.3, 0.4) is 0 Å². The van der Waals surface area contributed by atoms with Crippen molar-refractivity contribution in [2.24, 2.45) is 0 Å². The van der Waals surface area contributed by atoms with E-state index in [0.717, 1.165) is 59.5 Å². The van der Waals surface area contributed by atoms with Gasteiger partial charge in [-0.25, -0.2) is 0 Å². The molecule has 2 aliphatic carbocycles. The molecule has 5 rings (SSSR count). The summed E-state index contributed by atoms with van der Waals surface area (Å²) >= 11 is 0. The Morgan fingerprint density at radius 3 is 2.15 bits per heavy atom. The molecule has 0 bridgehead atoms. The Hall–Kier alpha value is -2.56. The normalized spacial score (nSPS) is 22.7. The highest BCUT2D eigenvalue weighted by Crippen LogP contribution is 2.49. The van der Waals surface area contributed by atoms with E-state index in [2.05, 4.69) is 4.90 Å². The van der Waals surface area contributed by atoms with Crippen molar-refractivity contribution in [2.45, 2.75) is 44.4 Å². The minimum absolute atomic E-state index is 0.172. The van der Waals surface area contributed by atoms with E-state index in [0.29, 0.717) is 18.6 Å². The van der Waals surface area contributed by atoms with Gasteiger partial charge in [-0.1, -0.05) is 6.07 Å². The minimum atomic E-state index is -0.272. The van der Waals surface area contributed by atoms with Gasteiger partial charge in [0, 0.05) is 48.3 Å². The van der Waals surface area contributed by atoms with Crippen molar-refractivity contribution < 1.29 is 19.1 Å². The first-order valence-electron chi connectivity index (χ1n) is 9.31. The molecule has 1 aromatic rings. The number of nitrogens with zero attached hydrogens (tertiary/aromatic N) is 1. The lowest BCUT2D eigenvalue weighted by Gasteiger charge is -2.42. The SMILES string of the molecule is CN1C2=C(C(=O)CCC2)C(c2ccc3c(c2)OCO3)C2=C1CCCC2=O. The van der Waals surface area contributed by atoms with Gasteiger partial charge in [0.05, 0.1) is 0 Å². The van der Waals surface area contributed by atoms with E-state index in [4.69, 9.17) is 9.47 Å². The lowest BCUT2D eigenvalue weighted by atomic mass is 9.71. The second-order valence-electron chi connectivity index (χ2n) is 7.38. The van der Waals surface area contributed by atoms with Gasteiger partial charge < -0.3 is 14.4 Å². The molecule has 0 radical (unpaired) electrons. The topological polar surface area (TPSA) is 55.8 Å². The van der Waals surface area contributed by atoms with Gasteiger partial charge in [0.1, 0.15) is 0 Å². The number of benzene rings is 1. The quantitative estimate of drug-likeness (QED) is 0.776. The Kier molecular flexibility index (Phi) is 3.45. The molecule has 4 aliphatic rings. The van der Waals surface area contributed by atoms with E-state index in [9.17, 15) is 9.59 Å². The third kappa shape index (κ3) is 2.16. The predicted molar refractivity (Wildman–Crippen MR) is 94.8 cm³/mol. The van der Waals surface area contributed by atoms with Crippen LogP contribution in [-0.4, -0.2) is 30.3 Å². The number of ether oxygens (including phenoxy) is 2. The number of Topliss-reactive ketones (excluding diaryl/α,β-unsaturated/α-hetero) is 2. The smallest absolute Gasteiger partial charge is 0.231 e. The lowest BCUT2D eigenvalue weighted by molar-refractivity contribution is -0.117. The van der Waals surface area contributed by atoms with Gasteiger partial charge in [-0.2, -0.15) is 0 Å². The first kappa shape index (κ1) is 15.7. The lowest BCUT2D eigenvalue weighted by Crippen LogP contribution is -2.37. The number of allylic oxidation sites excluding steroid dienone is 4. The Bertz CT molecular complexity index is 851. The highest BCUT2D eigenvalue weighted by molar-refractivity contribution is 6.06. The van der Waals surface area contributed by atoms with Gasteiger partial charge in [0.15, 0.2) is 23.1 Å². The van der Waals surface area contributed by atoms with Crippen molar-refractivity contribution in [1.82, 2.24) is 4.90 Å². The van der Waals surface area contributed by atoms with Crippen molar-refractivity contribution in [2.75, 3.05) is 13.8 Å². The third-order valence-corrected chi connectivity index (χ3v) is 5.97. The monoisotopic (exact) mass is 351 g/mol. The molecule has 5 nitrogen and oxygen atoms in total. The number of ketones is 2. The summed E-state index contributed by atoms with van der Waals surface area (Å²) in [5.74, 6) is 1.48. The fourth-order valence-electron chi connectivity index (χ4n) is 4.78. The molecular formula is C21H21NO4. The number of carbonyl (C=O) groups excluding carboxylic acids is 2. The van der Waals surface area contributed by atoms with Gasteiger partial charge in [-0.05, 0) is 43.4 Å². The molecule has 0 N–H and O–H groups in total. The number of hydrogen-bond acceptors (Lipinski definition) is 5. The van der Waals surface area contributed by atoms with Crippen LogP contribution in [0.2, 0.25) is 0 Å². The van der Waals surface area contributed by atoms with Crippen LogP contribution in [-0.2, 0) is 9.59 Å². The fourth-order valence-corrected chi connectivity index (χ4v) is 4.78. The van der Waals surface area contributed by atoms with Crippen LogP contribution >= 0.6 is 0 Å². The number of rotatable bonds is 1. The van der Waals surface area contributed by atoms with Crippen LogP contribution in [0, 0.1) is 0 Å². The van der Waals surface area contributed by atoms with Crippen LogP contribution in [0.4, 0.5) is 0 Å². The van der Waals surface area contributed by atoms with Crippen LogP contribution < -0.4 is 9.47 Å². The molecule has 0 unspecified atom stereocenters. The Balaban J connectivity index is 1.72. The van der Waals surface area contributed by atoms with Crippen molar-refractivity contribution in [3.05, 3.63) is 46.3 Å². The van der Waals surface area contributed by atoms with Gasteiger partial charge in [0.25, 0.3) is 0 Å². The van der Waals surface area contributed by atoms with Crippen molar-refractivity contribution >= 4 is 11.6 Å². The van der Waals surface area contributed by atoms with Gasteiger partial charge >= 0.3 is 0 Å². The number of carbonyl (C=O) groups is 2. The van der Waals surface area contributed by atoms with E-state index < -0.39 is 0 Å². The summed E-state index contributed by atoms with van der Waals surface area (Å²) < 4.78 is 11.0. The maximum atomic E-state index is 12.9. The van der Waals surface area contributed by atoms with Crippen LogP contribution in [0.5, 0.6) is 11.5 Å². The van der Waals surface area contributed by atoms with Crippen molar-refractivity contribution in [3.63, 3.8) is 0 Å². The summed E-state index contributed by atoms with van der Waals surface area (Å²) in [6.45, 7) is 0.214. The van der Waals surface area contributed by atoms with E-state index in [1.807, 2.05) is 25.2 Å². The predicted octanol–water partition coefficient (Wildman–Crippen LogP) is 3.46. The van der Waals surface area contributed by atoms with Crippen LogP contribution in [0.25, 0.3) is 0 Å². The molecule has 0 aromatic heterocycles. The summed E-state index contributed by atoms with van der Waals surface area (Å²) in [5.41, 5.74) is 4.76. The molecule has 0 fully saturated rings. The molecule has 0 atom stereocenters. The molecular weight excluding hydrogens is 330 g/mol. The van der Waals surface area contributed by atoms with Crippen LogP contribution in [0.15, 0.2) is 40.7 Å². The van der Waals surface area contributed by atoms with E-state index in [1.54, 1.807) is 0 Å². The zero-order chi connectivity index (χ0) is 17.8. The molecule has 5 heteroatoms. The average molecular weight is 351 g/mol. The van der Waals surface area contributed by atoms with E-state index in [-0.39, 0.29) is 24.3 Å². The largest absolute Gasteiger partial charge is 0.454 e. The summed E-state index contributed by atoms with van der Waals surface area (Å²) in [7, 11) is 2.01. The van der Waals surface area contributed by atoms with Gasteiger partial charge in [-0.3, -0.25) is 9.59 Å². The van der Waals surface area contributed by atoms with Crippen LogP contribution in [0.1, 0.15) is 50.0 Å². The molecule has 26 heavy (non-hydrogen) atoms. The second-order valence-corrected chi connectivity index (χ2v) is 7.38. The summed E-state index contributed by atoms with van der Waals surface area (Å²) in [5, 5.41) is 0.